The van der Waals surface area contributed by atoms with Gasteiger partial charge in [-0.3, -0.25) is 4.90 Å². The molecule has 1 unspecified atom stereocenters. The number of benzene rings is 1. The average molecular weight is 312 g/mol. The van der Waals surface area contributed by atoms with Crippen LogP contribution >= 0.6 is 0 Å². The standard InChI is InChI=1S/C21H29NO/c1-20(2,3)19-15-17(16-9-5-4-6-10-16)18-11-7-8-12-21(18)22(19)13-14-23-21/h4-6,9-10,15,17-18H,7-8,11-14H2,1-3H3/p+1/t17-,18-,21+/m1/s1. The van der Waals surface area contributed by atoms with Crippen molar-refractivity contribution in [1.29, 1.82) is 0 Å². The molecule has 0 aromatic heterocycles. The Morgan fingerprint density at radius 2 is 1.91 bits per heavy atom. The molecule has 2 heterocycles. The largest absolute Gasteiger partial charge is 0.320 e. The normalized spacial score (nSPS) is 37.0. The summed E-state index contributed by atoms with van der Waals surface area (Å²) in [5.41, 5.74) is 3.28. The van der Waals surface area contributed by atoms with Gasteiger partial charge >= 0.3 is 0 Å². The molecule has 1 aromatic carbocycles. The molecule has 0 amide bonds. The van der Waals surface area contributed by atoms with Gasteiger partial charge in [-0.05, 0) is 24.5 Å². The van der Waals surface area contributed by atoms with E-state index in [-0.39, 0.29) is 11.1 Å². The maximum Gasteiger partial charge on any atom is 0.210 e. The molecular weight excluding hydrogens is 282 g/mol. The molecular formula is C21H30NO+. The minimum atomic E-state index is 0.0378. The lowest BCUT2D eigenvalue weighted by atomic mass is 9.66. The first-order chi connectivity index (χ1) is 11.0. The SMILES string of the molecule is CC(C)(C)C1=C[C@H](c2ccccc2)[C@H]2CCCC[C@]23OCC[NH+]13. The monoisotopic (exact) mass is 312 g/mol. The van der Waals surface area contributed by atoms with Crippen molar-refractivity contribution < 1.29 is 9.64 Å². The van der Waals surface area contributed by atoms with Gasteiger partial charge in [0.25, 0.3) is 0 Å². The smallest absolute Gasteiger partial charge is 0.210 e. The van der Waals surface area contributed by atoms with Gasteiger partial charge in [-0.2, -0.15) is 0 Å². The Morgan fingerprint density at radius 3 is 2.65 bits per heavy atom. The van der Waals surface area contributed by atoms with Gasteiger partial charge in [0, 0.05) is 17.8 Å². The van der Waals surface area contributed by atoms with E-state index in [2.05, 4.69) is 57.2 Å². The Balaban J connectivity index is 1.86. The van der Waals surface area contributed by atoms with Crippen LogP contribution in [0.4, 0.5) is 0 Å². The molecule has 23 heavy (non-hydrogen) atoms. The third kappa shape index (κ3) is 2.38. The third-order valence-electron chi connectivity index (χ3n) is 6.23. The second-order valence-corrected chi connectivity index (χ2v) is 8.59. The Bertz CT molecular complexity index is 600. The summed E-state index contributed by atoms with van der Waals surface area (Å²) in [7, 11) is 0. The number of ether oxygens (including phenoxy) is 1. The molecule has 2 fully saturated rings. The van der Waals surface area contributed by atoms with Crippen LogP contribution < -0.4 is 4.90 Å². The molecule has 1 N–H and O–H groups in total. The molecule has 1 spiro atoms. The van der Waals surface area contributed by atoms with Gasteiger partial charge in [-0.15, -0.1) is 0 Å². The Morgan fingerprint density at radius 1 is 1.13 bits per heavy atom. The molecule has 0 radical (unpaired) electrons. The van der Waals surface area contributed by atoms with Gasteiger partial charge < -0.3 is 4.74 Å². The molecule has 0 bridgehead atoms. The zero-order valence-electron chi connectivity index (χ0n) is 14.8. The van der Waals surface area contributed by atoms with Crippen molar-refractivity contribution in [3.63, 3.8) is 0 Å². The summed E-state index contributed by atoms with van der Waals surface area (Å²) in [6.45, 7) is 9.15. The Labute approximate surface area is 140 Å². The van der Waals surface area contributed by atoms with Gasteiger partial charge in [0.2, 0.25) is 5.72 Å². The van der Waals surface area contributed by atoms with Crippen LogP contribution in [0.25, 0.3) is 0 Å². The lowest BCUT2D eigenvalue weighted by Gasteiger charge is -2.50. The van der Waals surface area contributed by atoms with E-state index in [0.29, 0.717) is 11.8 Å². The minimum absolute atomic E-state index is 0.0378. The van der Waals surface area contributed by atoms with Crippen LogP contribution in [0.3, 0.4) is 0 Å². The van der Waals surface area contributed by atoms with E-state index < -0.39 is 0 Å². The van der Waals surface area contributed by atoms with Gasteiger partial charge in [0.1, 0.15) is 18.8 Å². The lowest BCUT2D eigenvalue weighted by Crippen LogP contribution is -3.19. The molecule has 1 saturated heterocycles. The van der Waals surface area contributed by atoms with Gasteiger partial charge in [0.15, 0.2) is 0 Å². The summed E-state index contributed by atoms with van der Waals surface area (Å²) in [5, 5.41) is 0. The fourth-order valence-electron chi connectivity index (χ4n) is 5.29. The topological polar surface area (TPSA) is 13.7 Å². The molecule has 124 valence electrons. The van der Waals surface area contributed by atoms with Crippen molar-refractivity contribution in [2.24, 2.45) is 11.3 Å². The van der Waals surface area contributed by atoms with E-state index in [0.717, 1.165) is 13.2 Å². The van der Waals surface area contributed by atoms with Crippen molar-refractivity contribution in [2.75, 3.05) is 13.2 Å². The highest BCUT2D eigenvalue weighted by Gasteiger charge is 2.60. The van der Waals surface area contributed by atoms with Crippen LogP contribution in [-0.4, -0.2) is 18.9 Å². The molecule has 1 saturated carbocycles. The minimum Gasteiger partial charge on any atom is -0.320 e. The van der Waals surface area contributed by atoms with Gasteiger partial charge in [-0.1, -0.05) is 57.5 Å². The summed E-state index contributed by atoms with van der Waals surface area (Å²) in [6, 6.07) is 11.1. The predicted octanol–water partition coefficient (Wildman–Crippen LogP) is 3.52. The maximum absolute atomic E-state index is 6.55. The van der Waals surface area contributed by atoms with Crippen LogP contribution in [0.15, 0.2) is 42.1 Å². The molecule has 1 aliphatic carbocycles. The fourth-order valence-corrected chi connectivity index (χ4v) is 5.29. The van der Waals surface area contributed by atoms with E-state index in [1.165, 1.54) is 31.2 Å². The fraction of sp³-hybridized carbons (Fsp3) is 0.619. The lowest BCUT2D eigenvalue weighted by molar-refractivity contribution is -0.935. The second-order valence-electron chi connectivity index (χ2n) is 8.59. The number of hydrogen-bond acceptors (Lipinski definition) is 1. The highest BCUT2D eigenvalue weighted by molar-refractivity contribution is 5.29. The summed E-state index contributed by atoms with van der Waals surface area (Å²) in [4.78, 5) is 1.64. The summed E-state index contributed by atoms with van der Waals surface area (Å²) >= 11 is 0. The van der Waals surface area contributed by atoms with Crippen LogP contribution in [0.1, 0.15) is 57.9 Å². The van der Waals surface area contributed by atoms with E-state index in [9.17, 15) is 0 Å². The van der Waals surface area contributed by atoms with E-state index >= 15 is 0 Å². The van der Waals surface area contributed by atoms with E-state index in [1.54, 1.807) is 10.6 Å². The molecule has 4 atom stereocenters. The van der Waals surface area contributed by atoms with Crippen molar-refractivity contribution in [3.05, 3.63) is 47.7 Å². The van der Waals surface area contributed by atoms with Crippen molar-refractivity contribution in [1.82, 2.24) is 0 Å². The summed E-state index contributed by atoms with van der Waals surface area (Å²) < 4.78 is 6.55. The quantitative estimate of drug-likeness (QED) is 0.838. The molecule has 2 heteroatoms. The van der Waals surface area contributed by atoms with Crippen LogP contribution in [0.5, 0.6) is 0 Å². The molecule has 2 nitrogen and oxygen atoms in total. The Kier molecular flexibility index (Phi) is 3.66. The first-order valence-electron chi connectivity index (χ1n) is 9.30. The van der Waals surface area contributed by atoms with Crippen LogP contribution in [0, 0.1) is 11.3 Å². The number of quaternary nitrogens is 1. The second kappa shape index (κ2) is 5.46. The summed E-state index contributed by atoms with van der Waals surface area (Å²) in [5.74, 6) is 1.13. The third-order valence-corrected chi connectivity index (χ3v) is 6.23. The van der Waals surface area contributed by atoms with Crippen LogP contribution in [-0.2, 0) is 4.74 Å². The number of rotatable bonds is 1. The molecule has 4 rings (SSSR count). The first-order valence-corrected chi connectivity index (χ1v) is 9.30. The zero-order chi connectivity index (χ0) is 16.1. The zero-order valence-corrected chi connectivity index (χ0v) is 14.8. The first kappa shape index (κ1) is 15.4. The van der Waals surface area contributed by atoms with E-state index in [4.69, 9.17) is 4.74 Å². The highest BCUT2D eigenvalue weighted by atomic mass is 16.5. The highest BCUT2D eigenvalue weighted by Crippen LogP contribution is 2.47. The van der Waals surface area contributed by atoms with Crippen molar-refractivity contribution >= 4 is 0 Å². The molecule has 2 aliphatic heterocycles. The molecule has 3 aliphatic rings. The van der Waals surface area contributed by atoms with Crippen LogP contribution in [0.2, 0.25) is 0 Å². The summed E-state index contributed by atoms with van der Waals surface area (Å²) in [6.07, 6.45) is 7.80. The van der Waals surface area contributed by atoms with Crippen molar-refractivity contribution in [3.8, 4) is 0 Å². The number of allylic oxidation sites excluding steroid dienone is 2. The van der Waals surface area contributed by atoms with Gasteiger partial charge in [-0.25, -0.2) is 0 Å². The number of hydrogen-bond donors (Lipinski definition) is 1. The van der Waals surface area contributed by atoms with E-state index in [1.807, 2.05) is 0 Å². The average Bonchev–Trinajstić information content (AvgIpc) is 2.96. The predicted molar refractivity (Wildman–Crippen MR) is 93.2 cm³/mol. The number of nitrogens with one attached hydrogen (secondary N) is 1. The van der Waals surface area contributed by atoms with Crippen molar-refractivity contribution in [2.45, 2.75) is 58.1 Å². The maximum atomic E-state index is 6.55. The Hall–Kier alpha value is -1.12. The van der Waals surface area contributed by atoms with Gasteiger partial charge in [0.05, 0.1) is 5.92 Å². The molecule has 1 aromatic rings.